The summed E-state index contributed by atoms with van der Waals surface area (Å²) in [6, 6.07) is 30.1. The molecule has 2 atom stereocenters. The van der Waals surface area contributed by atoms with Gasteiger partial charge in [-0.15, -0.1) is 0 Å². The Hall–Kier alpha value is -4.32. The lowest BCUT2D eigenvalue weighted by Crippen LogP contribution is -2.52. The Balaban J connectivity index is 1.36. The molecule has 0 aliphatic carbocycles. The molecule has 4 aromatic rings. The molecule has 0 saturated carbocycles. The Morgan fingerprint density at radius 2 is 1.59 bits per heavy atom. The number of hydrogen-bond donors (Lipinski definition) is 2. The van der Waals surface area contributed by atoms with Crippen molar-refractivity contribution < 1.29 is 14.3 Å². The Morgan fingerprint density at radius 1 is 0.882 bits per heavy atom. The number of nitrogens with one attached hydrogen (secondary N) is 2. The average molecular weight is 452 g/mol. The van der Waals surface area contributed by atoms with E-state index in [1.165, 1.54) is 0 Å². The van der Waals surface area contributed by atoms with Crippen molar-refractivity contribution in [1.82, 2.24) is 5.32 Å². The summed E-state index contributed by atoms with van der Waals surface area (Å²) in [4.78, 5) is 27.9. The van der Waals surface area contributed by atoms with E-state index in [2.05, 4.69) is 28.8 Å². The van der Waals surface area contributed by atoms with Crippen LogP contribution in [0.3, 0.4) is 0 Å². The standard InChI is InChI=1S/C28H25N3O3/c1-19(22-15-9-11-20-10-5-6-14-23(20)22)29-27(32)26-18-31(24-16-7-8-17-25(24)34-26)28(33)30-21-12-3-2-4-13-21/h2-17,19,26H,18H2,1H3,(H,29,32)(H,30,33)/t19-,26?/m1/s1. The second-order valence-electron chi connectivity index (χ2n) is 8.28. The average Bonchev–Trinajstić information content (AvgIpc) is 2.88. The minimum absolute atomic E-state index is 0.101. The van der Waals surface area contributed by atoms with E-state index in [4.69, 9.17) is 4.74 Å². The molecule has 6 nitrogen and oxygen atoms in total. The maximum Gasteiger partial charge on any atom is 0.326 e. The van der Waals surface area contributed by atoms with E-state index in [9.17, 15) is 9.59 Å². The van der Waals surface area contributed by atoms with Crippen molar-refractivity contribution in [2.75, 3.05) is 16.8 Å². The molecule has 0 fully saturated rings. The predicted molar refractivity (Wildman–Crippen MR) is 134 cm³/mol. The van der Waals surface area contributed by atoms with Gasteiger partial charge in [-0.1, -0.05) is 72.8 Å². The van der Waals surface area contributed by atoms with Crippen LogP contribution in [0.4, 0.5) is 16.2 Å². The van der Waals surface area contributed by atoms with Gasteiger partial charge in [-0.05, 0) is 47.5 Å². The highest BCUT2D eigenvalue weighted by atomic mass is 16.5. The van der Waals surface area contributed by atoms with Crippen LogP contribution in [-0.2, 0) is 4.79 Å². The van der Waals surface area contributed by atoms with Crippen molar-refractivity contribution in [1.29, 1.82) is 0 Å². The van der Waals surface area contributed by atoms with E-state index < -0.39 is 6.10 Å². The summed E-state index contributed by atoms with van der Waals surface area (Å²) in [6.45, 7) is 2.06. The predicted octanol–water partition coefficient (Wildman–Crippen LogP) is 5.52. The molecule has 6 heteroatoms. The Morgan fingerprint density at radius 3 is 2.44 bits per heavy atom. The summed E-state index contributed by atoms with van der Waals surface area (Å²) in [5, 5.41) is 8.19. The third kappa shape index (κ3) is 4.30. The molecule has 1 heterocycles. The monoisotopic (exact) mass is 451 g/mol. The molecule has 0 aromatic heterocycles. The van der Waals surface area contributed by atoms with Gasteiger partial charge >= 0.3 is 6.03 Å². The molecular weight excluding hydrogens is 426 g/mol. The topological polar surface area (TPSA) is 70.7 Å². The number of amides is 3. The molecule has 1 unspecified atom stereocenters. The van der Waals surface area contributed by atoms with E-state index >= 15 is 0 Å². The van der Waals surface area contributed by atoms with Gasteiger partial charge in [0, 0.05) is 5.69 Å². The van der Waals surface area contributed by atoms with Gasteiger partial charge in [0.1, 0.15) is 5.75 Å². The van der Waals surface area contributed by atoms with Crippen LogP contribution in [0.1, 0.15) is 18.5 Å². The van der Waals surface area contributed by atoms with Crippen molar-refractivity contribution in [3.05, 3.63) is 103 Å². The summed E-state index contributed by atoms with van der Waals surface area (Å²) in [5.74, 6) is 0.224. The zero-order valence-electron chi connectivity index (χ0n) is 18.8. The minimum Gasteiger partial charge on any atom is -0.477 e. The van der Waals surface area contributed by atoms with Gasteiger partial charge in [0.2, 0.25) is 0 Å². The number of hydrogen-bond acceptors (Lipinski definition) is 3. The Labute approximate surface area is 198 Å². The van der Waals surface area contributed by atoms with E-state index in [-0.39, 0.29) is 24.5 Å². The molecule has 4 aromatic carbocycles. The first-order valence-electron chi connectivity index (χ1n) is 11.3. The number of benzene rings is 4. The molecule has 3 amide bonds. The molecule has 0 bridgehead atoms. The number of urea groups is 1. The Kier molecular flexibility index (Phi) is 5.87. The van der Waals surface area contributed by atoms with Gasteiger partial charge in [-0.25, -0.2) is 4.79 Å². The maximum absolute atomic E-state index is 13.3. The first kappa shape index (κ1) is 21.5. The third-order valence-corrected chi connectivity index (χ3v) is 5.98. The SMILES string of the molecule is C[C@@H](NC(=O)C1CN(C(=O)Nc2ccccc2)c2ccccc2O1)c1cccc2ccccc12. The van der Waals surface area contributed by atoms with Gasteiger partial charge in [0.15, 0.2) is 6.10 Å². The smallest absolute Gasteiger partial charge is 0.326 e. The fraction of sp³-hybridized carbons (Fsp3) is 0.143. The van der Waals surface area contributed by atoms with Crippen molar-refractivity contribution in [3.63, 3.8) is 0 Å². The molecule has 0 saturated heterocycles. The fourth-order valence-electron chi connectivity index (χ4n) is 4.29. The number of carbonyl (C=O) groups excluding carboxylic acids is 2. The number of carbonyl (C=O) groups is 2. The number of anilines is 2. The molecular formula is C28H25N3O3. The van der Waals surface area contributed by atoms with Gasteiger partial charge in [-0.3, -0.25) is 9.69 Å². The molecule has 5 rings (SSSR count). The summed E-state index contributed by atoms with van der Waals surface area (Å²) < 4.78 is 6.01. The van der Waals surface area contributed by atoms with Crippen molar-refractivity contribution in [2.45, 2.75) is 19.1 Å². The second-order valence-corrected chi connectivity index (χ2v) is 8.28. The van der Waals surface area contributed by atoms with Crippen LogP contribution in [0, 0.1) is 0 Å². The first-order valence-corrected chi connectivity index (χ1v) is 11.3. The van der Waals surface area contributed by atoms with Crippen LogP contribution in [0.15, 0.2) is 97.1 Å². The Bertz CT molecular complexity index is 1330. The van der Waals surface area contributed by atoms with Gasteiger partial charge in [0.25, 0.3) is 5.91 Å². The number of fused-ring (bicyclic) bond motifs is 2. The summed E-state index contributed by atoms with van der Waals surface area (Å²) in [7, 11) is 0. The van der Waals surface area contributed by atoms with Gasteiger partial charge in [-0.2, -0.15) is 0 Å². The molecule has 2 N–H and O–H groups in total. The number of rotatable bonds is 4. The highest BCUT2D eigenvalue weighted by molar-refractivity contribution is 6.04. The van der Waals surface area contributed by atoms with Crippen LogP contribution >= 0.6 is 0 Å². The van der Waals surface area contributed by atoms with Gasteiger partial charge < -0.3 is 15.4 Å². The van der Waals surface area contributed by atoms with Crippen LogP contribution in [0.25, 0.3) is 10.8 Å². The third-order valence-electron chi connectivity index (χ3n) is 5.98. The summed E-state index contributed by atoms with van der Waals surface area (Å²) in [5.41, 5.74) is 2.34. The van der Waals surface area contributed by atoms with Crippen LogP contribution in [-0.4, -0.2) is 24.6 Å². The molecule has 170 valence electrons. The molecule has 1 aliphatic rings. The normalized spacial score (nSPS) is 15.7. The highest BCUT2D eigenvalue weighted by Crippen LogP contribution is 2.34. The number of para-hydroxylation sites is 3. The summed E-state index contributed by atoms with van der Waals surface area (Å²) >= 11 is 0. The molecule has 1 aliphatic heterocycles. The molecule has 0 radical (unpaired) electrons. The zero-order valence-corrected chi connectivity index (χ0v) is 18.8. The number of ether oxygens (including phenoxy) is 1. The quantitative estimate of drug-likeness (QED) is 0.429. The molecule has 34 heavy (non-hydrogen) atoms. The van der Waals surface area contributed by atoms with Crippen molar-refractivity contribution in [2.24, 2.45) is 0 Å². The van der Waals surface area contributed by atoms with E-state index in [0.717, 1.165) is 16.3 Å². The maximum atomic E-state index is 13.3. The van der Waals surface area contributed by atoms with Crippen molar-refractivity contribution >= 4 is 34.1 Å². The molecule has 0 spiro atoms. The minimum atomic E-state index is -0.839. The van der Waals surface area contributed by atoms with E-state index in [0.29, 0.717) is 17.1 Å². The lowest BCUT2D eigenvalue weighted by Gasteiger charge is -2.34. The summed E-state index contributed by atoms with van der Waals surface area (Å²) in [6.07, 6.45) is -0.839. The highest BCUT2D eigenvalue weighted by Gasteiger charge is 2.34. The largest absolute Gasteiger partial charge is 0.477 e. The van der Waals surface area contributed by atoms with Crippen LogP contribution in [0.5, 0.6) is 5.75 Å². The van der Waals surface area contributed by atoms with Crippen LogP contribution < -0.4 is 20.3 Å². The van der Waals surface area contributed by atoms with Crippen LogP contribution in [0.2, 0.25) is 0 Å². The lowest BCUT2D eigenvalue weighted by atomic mass is 9.99. The first-order chi connectivity index (χ1) is 16.6. The van der Waals surface area contributed by atoms with Gasteiger partial charge in [0.05, 0.1) is 18.3 Å². The zero-order chi connectivity index (χ0) is 23.5. The second kappa shape index (κ2) is 9.27. The fourth-order valence-corrected chi connectivity index (χ4v) is 4.29. The number of nitrogens with zero attached hydrogens (tertiary/aromatic N) is 1. The van der Waals surface area contributed by atoms with E-state index in [1.807, 2.05) is 79.7 Å². The van der Waals surface area contributed by atoms with Crippen molar-refractivity contribution in [3.8, 4) is 5.75 Å². The lowest BCUT2D eigenvalue weighted by molar-refractivity contribution is -0.128. The van der Waals surface area contributed by atoms with E-state index in [1.54, 1.807) is 11.0 Å².